The molecule has 2 unspecified atom stereocenters. The lowest BCUT2D eigenvalue weighted by Gasteiger charge is -2.26. The van der Waals surface area contributed by atoms with E-state index in [2.05, 4.69) is 79.7 Å². The highest BCUT2D eigenvalue weighted by Gasteiger charge is 2.28. The Labute approximate surface area is 276 Å². The number of rotatable bonds is 10. The summed E-state index contributed by atoms with van der Waals surface area (Å²) in [5, 5.41) is 45.8. The predicted molar refractivity (Wildman–Crippen MR) is 191 cm³/mol. The second kappa shape index (κ2) is 13.8. The van der Waals surface area contributed by atoms with Crippen molar-refractivity contribution in [2.24, 2.45) is 0 Å². The summed E-state index contributed by atoms with van der Waals surface area (Å²) < 4.78 is 0. The third kappa shape index (κ3) is 6.92. The van der Waals surface area contributed by atoms with Gasteiger partial charge in [0.15, 0.2) is 0 Å². The summed E-state index contributed by atoms with van der Waals surface area (Å²) in [4.78, 5) is 0. The molecule has 0 amide bonds. The molecule has 0 aliphatic rings. The van der Waals surface area contributed by atoms with Crippen LogP contribution in [0.4, 0.5) is 0 Å². The highest BCUT2D eigenvalue weighted by molar-refractivity contribution is 5.59. The van der Waals surface area contributed by atoms with Crippen LogP contribution in [-0.2, 0) is 0 Å². The van der Waals surface area contributed by atoms with Gasteiger partial charge >= 0.3 is 0 Å². The molecule has 4 nitrogen and oxygen atoms in total. The normalized spacial score (nSPS) is 14.0. The largest absolute Gasteiger partial charge is 0.508 e. The molecular weight excluding hydrogens is 568 g/mol. The lowest BCUT2D eigenvalue weighted by molar-refractivity contribution is 0.443. The van der Waals surface area contributed by atoms with Crippen LogP contribution in [0.5, 0.6) is 23.0 Å². The van der Waals surface area contributed by atoms with Gasteiger partial charge in [0.2, 0.25) is 0 Å². The Morgan fingerprint density at radius 3 is 0.826 bits per heavy atom. The van der Waals surface area contributed by atoms with Gasteiger partial charge in [-0.25, -0.2) is 0 Å². The van der Waals surface area contributed by atoms with Crippen molar-refractivity contribution in [3.05, 3.63) is 116 Å². The molecule has 0 bridgehead atoms. The van der Waals surface area contributed by atoms with Crippen molar-refractivity contribution in [3.8, 4) is 23.0 Å². The zero-order chi connectivity index (χ0) is 34.2. The Balaban J connectivity index is 1.91. The summed E-state index contributed by atoms with van der Waals surface area (Å²) in [6, 6.07) is 19.7. The Hall–Kier alpha value is -3.92. The fraction of sp³-hybridized carbons (Fsp3) is 0.429. The van der Waals surface area contributed by atoms with E-state index in [-0.39, 0.29) is 52.6 Å². The van der Waals surface area contributed by atoms with Gasteiger partial charge in [-0.3, -0.25) is 0 Å². The van der Waals surface area contributed by atoms with E-state index >= 15 is 0 Å². The molecule has 0 aliphatic heterocycles. The Kier molecular flexibility index (Phi) is 10.5. The average molecular weight is 623 g/mol. The third-order valence-corrected chi connectivity index (χ3v) is 9.95. The van der Waals surface area contributed by atoms with Gasteiger partial charge < -0.3 is 20.4 Å². The first-order valence-electron chi connectivity index (χ1n) is 16.9. The molecule has 0 aromatic heterocycles. The first-order chi connectivity index (χ1) is 21.5. The first-order valence-corrected chi connectivity index (χ1v) is 16.9. The molecule has 4 aromatic rings. The molecule has 2 atom stereocenters. The highest BCUT2D eigenvalue weighted by atomic mass is 16.3. The summed E-state index contributed by atoms with van der Waals surface area (Å²) in [6.07, 6.45) is 0. The van der Waals surface area contributed by atoms with Gasteiger partial charge in [-0.2, -0.15) is 0 Å². The summed E-state index contributed by atoms with van der Waals surface area (Å²) in [5.74, 6) is 0.969. The average Bonchev–Trinajstić information content (AvgIpc) is 3.00. The van der Waals surface area contributed by atoms with Gasteiger partial charge in [0.05, 0.1) is 0 Å². The molecule has 0 spiro atoms. The molecule has 0 saturated carbocycles. The number of hydrogen-bond acceptors (Lipinski definition) is 4. The molecular formula is C42H54O4. The van der Waals surface area contributed by atoms with E-state index in [0.29, 0.717) is 11.8 Å². The van der Waals surface area contributed by atoms with Gasteiger partial charge in [-0.05, 0) is 58.1 Å². The van der Waals surface area contributed by atoms with E-state index in [0.717, 1.165) is 55.6 Å². The van der Waals surface area contributed by atoms with Crippen molar-refractivity contribution in [1.82, 2.24) is 0 Å². The van der Waals surface area contributed by atoms with Crippen molar-refractivity contribution in [2.45, 2.75) is 118 Å². The molecule has 4 N–H and O–H groups in total. The maximum Gasteiger partial charge on any atom is 0.123 e. The van der Waals surface area contributed by atoms with Crippen molar-refractivity contribution < 1.29 is 20.4 Å². The van der Waals surface area contributed by atoms with Crippen LogP contribution in [0.2, 0.25) is 0 Å². The number of aromatic hydroxyl groups is 4. The zero-order valence-corrected chi connectivity index (χ0v) is 29.6. The first kappa shape index (κ1) is 34.9. The SMILES string of the molecule is CC(C)c1ccc(O)c(C(C)c2cc(C(C)C)cc(C(C)c3cc(C(C)C)cc(C(C)c4cc(C(C)C)ccc4O)c3O)c2O)c1. The summed E-state index contributed by atoms with van der Waals surface area (Å²) in [7, 11) is 0. The van der Waals surface area contributed by atoms with Crippen LogP contribution in [0.1, 0.15) is 173 Å². The molecule has 0 saturated heterocycles. The monoisotopic (exact) mass is 622 g/mol. The predicted octanol–water partition coefficient (Wildman–Crippen LogP) is 11.5. The van der Waals surface area contributed by atoms with Gasteiger partial charge in [-0.1, -0.05) is 125 Å². The van der Waals surface area contributed by atoms with Crippen LogP contribution < -0.4 is 0 Å². The maximum atomic E-state index is 12.0. The minimum absolute atomic E-state index is 0.185. The molecule has 4 heteroatoms. The van der Waals surface area contributed by atoms with Gasteiger partial charge in [0, 0.05) is 51.1 Å². The van der Waals surface area contributed by atoms with Gasteiger partial charge in [-0.15, -0.1) is 0 Å². The highest BCUT2D eigenvalue weighted by Crippen LogP contribution is 2.47. The van der Waals surface area contributed by atoms with E-state index in [1.807, 2.05) is 45.0 Å². The number of benzene rings is 4. The van der Waals surface area contributed by atoms with Crippen molar-refractivity contribution in [1.29, 1.82) is 0 Å². The van der Waals surface area contributed by atoms with Crippen molar-refractivity contribution in [3.63, 3.8) is 0 Å². The fourth-order valence-electron chi connectivity index (χ4n) is 6.46. The van der Waals surface area contributed by atoms with Gasteiger partial charge in [0.25, 0.3) is 0 Å². The Morgan fingerprint density at radius 1 is 0.326 bits per heavy atom. The van der Waals surface area contributed by atoms with Crippen molar-refractivity contribution in [2.75, 3.05) is 0 Å². The van der Waals surface area contributed by atoms with E-state index < -0.39 is 0 Å². The number of phenolic OH excluding ortho intramolecular Hbond substituents is 4. The topological polar surface area (TPSA) is 80.9 Å². The molecule has 0 fully saturated rings. The van der Waals surface area contributed by atoms with Crippen LogP contribution in [0.25, 0.3) is 0 Å². The zero-order valence-electron chi connectivity index (χ0n) is 29.6. The van der Waals surface area contributed by atoms with E-state index in [1.54, 1.807) is 12.1 Å². The van der Waals surface area contributed by atoms with Crippen LogP contribution in [0.3, 0.4) is 0 Å². The summed E-state index contributed by atoms with van der Waals surface area (Å²) in [5.41, 5.74) is 9.01. The standard InChI is InChI=1S/C42H54O4/c1-22(2)29-12-14-39(43)33(16-29)26(9)35-18-31(24(5)6)20-37(41(35)45)28(11)38-21-32(25(7)8)19-36(42(38)46)27(10)34-17-30(23(3)4)13-15-40(34)44/h12-28,43-46H,1-11H3. The van der Waals surface area contributed by atoms with E-state index in [4.69, 9.17) is 0 Å². The minimum atomic E-state index is -0.333. The lowest BCUT2D eigenvalue weighted by atomic mass is 9.79. The smallest absolute Gasteiger partial charge is 0.123 e. The molecule has 4 aromatic carbocycles. The molecule has 0 aliphatic carbocycles. The Bertz CT molecular complexity index is 1570. The molecule has 0 radical (unpaired) electrons. The van der Waals surface area contributed by atoms with Crippen LogP contribution in [0, 0.1) is 0 Å². The van der Waals surface area contributed by atoms with Crippen molar-refractivity contribution >= 4 is 0 Å². The van der Waals surface area contributed by atoms with Gasteiger partial charge in [0.1, 0.15) is 23.0 Å². The summed E-state index contributed by atoms with van der Waals surface area (Å²) >= 11 is 0. The van der Waals surface area contributed by atoms with E-state index in [9.17, 15) is 20.4 Å². The Morgan fingerprint density at radius 2 is 0.565 bits per heavy atom. The molecule has 46 heavy (non-hydrogen) atoms. The summed E-state index contributed by atoms with van der Waals surface area (Å²) in [6.45, 7) is 23.2. The molecule has 0 heterocycles. The quantitative estimate of drug-likeness (QED) is 0.142. The minimum Gasteiger partial charge on any atom is -0.508 e. The maximum absolute atomic E-state index is 12.0. The van der Waals surface area contributed by atoms with Crippen LogP contribution >= 0.6 is 0 Å². The number of phenols is 4. The van der Waals surface area contributed by atoms with Crippen LogP contribution in [-0.4, -0.2) is 20.4 Å². The second-order valence-corrected chi connectivity index (χ2v) is 14.5. The van der Waals surface area contributed by atoms with Crippen LogP contribution in [0.15, 0.2) is 60.7 Å². The number of hydrogen-bond donors (Lipinski definition) is 4. The second-order valence-electron chi connectivity index (χ2n) is 14.5. The fourth-order valence-corrected chi connectivity index (χ4v) is 6.46. The van der Waals surface area contributed by atoms with E-state index in [1.165, 1.54) is 0 Å². The molecule has 246 valence electrons. The third-order valence-electron chi connectivity index (χ3n) is 9.95. The lowest BCUT2D eigenvalue weighted by Crippen LogP contribution is -2.08. The molecule has 4 rings (SSSR count).